The van der Waals surface area contributed by atoms with Gasteiger partial charge >= 0.3 is 0 Å². The van der Waals surface area contributed by atoms with E-state index in [4.69, 9.17) is 0 Å². The van der Waals surface area contributed by atoms with Crippen molar-refractivity contribution >= 4 is 11.8 Å². The van der Waals surface area contributed by atoms with Gasteiger partial charge in [0.05, 0.1) is 11.7 Å². The van der Waals surface area contributed by atoms with Gasteiger partial charge in [-0.1, -0.05) is 6.92 Å². The fourth-order valence-electron chi connectivity index (χ4n) is 5.20. The molecule has 3 heterocycles. The van der Waals surface area contributed by atoms with Crippen LogP contribution in [0, 0.1) is 11.3 Å². The molecule has 3 aliphatic rings. The minimum atomic E-state index is -0.366. The number of aromatic nitrogens is 1. The number of carbonyl (C=O) groups is 2. The van der Waals surface area contributed by atoms with Gasteiger partial charge in [-0.3, -0.25) is 14.6 Å². The normalized spacial score (nSPS) is 34.8. The second kappa shape index (κ2) is 7.20. The lowest BCUT2D eigenvalue weighted by atomic mass is 9.64. The average Bonchev–Trinajstić information content (AvgIpc) is 3.05. The van der Waals surface area contributed by atoms with Gasteiger partial charge in [-0.2, -0.15) is 0 Å². The monoisotopic (exact) mass is 372 g/mol. The first-order valence-electron chi connectivity index (χ1n) is 9.87. The van der Waals surface area contributed by atoms with Crippen molar-refractivity contribution in [1.29, 1.82) is 0 Å². The highest BCUT2D eigenvalue weighted by Gasteiger charge is 2.55. The molecule has 3 N–H and O–H groups in total. The third-order valence-corrected chi connectivity index (χ3v) is 6.66. The van der Waals surface area contributed by atoms with Crippen LogP contribution in [-0.2, 0) is 4.79 Å². The van der Waals surface area contributed by atoms with Crippen molar-refractivity contribution in [2.24, 2.45) is 11.3 Å². The summed E-state index contributed by atoms with van der Waals surface area (Å²) in [6, 6.07) is 4.00. The van der Waals surface area contributed by atoms with E-state index in [1.807, 2.05) is 4.90 Å². The molecule has 3 fully saturated rings. The molecule has 2 aliphatic heterocycles. The van der Waals surface area contributed by atoms with Crippen molar-refractivity contribution < 1.29 is 14.7 Å². The van der Waals surface area contributed by atoms with E-state index in [2.05, 4.69) is 22.5 Å². The van der Waals surface area contributed by atoms with Crippen LogP contribution in [0.5, 0.6) is 0 Å². The van der Waals surface area contributed by atoms with Crippen LogP contribution in [0.25, 0.3) is 0 Å². The summed E-state index contributed by atoms with van der Waals surface area (Å²) < 4.78 is 0. The fraction of sp³-hybridized carbons (Fsp3) is 0.650. The highest BCUT2D eigenvalue weighted by molar-refractivity contribution is 5.94. The molecule has 5 atom stereocenters. The highest BCUT2D eigenvalue weighted by atomic mass is 16.3. The van der Waals surface area contributed by atoms with E-state index in [-0.39, 0.29) is 41.7 Å². The summed E-state index contributed by atoms with van der Waals surface area (Å²) >= 11 is 0. The minimum Gasteiger partial charge on any atom is -0.392 e. The Balaban J connectivity index is 1.34. The molecule has 1 saturated carbocycles. The number of nitrogens with one attached hydrogen (secondary N) is 2. The van der Waals surface area contributed by atoms with Crippen LogP contribution in [0.1, 0.15) is 43.0 Å². The SMILES string of the molecule is C[C@]12C[C@H]3CN(C(=O)CCNC(=O)c4cccnc4)C[C@H](CC[C@@H]1N3)[C@H]2O. The van der Waals surface area contributed by atoms with Gasteiger partial charge < -0.3 is 20.6 Å². The number of amides is 2. The maximum atomic E-state index is 12.8. The number of carbonyl (C=O) groups excluding carboxylic acids is 2. The number of pyridine rings is 1. The number of hydrogen-bond acceptors (Lipinski definition) is 5. The zero-order valence-corrected chi connectivity index (χ0v) is 15.7. The maximum Gasteiger partial charge on any atom is 0.252 e. The molecule has 0 unspecified atom stereocenters. The molecule has 0 radical (unpaired) electrons. The largest absolute Gasteiger partial charge is 0.392 e. The van der Waals surface area contributed by atoms with Crippen molar-refractivity contribution in [3.8, 4) is 0 Å². The van der Waals surface area contributed by atoms with E-state index < -0.39 is 0 Å². The van der Waals surface area contributed by atoms with Crippen molar-refractivity contribution in [3.63, 3.8) is 0 Å². The Kier molecular flexibility index (Phi) is 4.90. The minimum absolute atomic E-state index is 0.0365. The lowest BCUT2D eigenvalue weighted by Crippen LogP contribution is -2.53. The molecular weight excluding hydrogens is 344 g/mol. The molecule has 2 saturated heterocycles. The van der Waals surface area contributed by atoms with Crippen LogP contribution >= 0.6 is 0 Å². The van der Waals surface area contributed by atoms with Gasteiger partial charge in [0, 0.05) is 61.9 Å². The fourth-order valence-corrected chi connectivity index (χ4v) is 5.20. The molecule has 3 bridgehead atoms. The third kappa shape index (κ3) is 3.46. The quantitative estimate of drug-likeness (QED) is 0.718. The number of nitrogens with zero attached hydrogens (tertiary/aromatic N) is 2. The zero-order valence-electron chi connectivity index (χ0n) is 15.7. The number of aliphatic hydroxyl groups excluding tert-OH is 1. The Labute approximate surface area is 159 Å². The molecule has 7 nitrogen and oxygen atoms in total. The highest BCUT2D eigenvalue weighted by Crippen LogP contribution is 2.48. The summed E-state index contributed by atoms with van der Waals surface area (Å²) in [6.07, 6.45) is 5.96. The molecule has 27 heavy (non-hydrogen) atoms. The Bertz CT molecular complexity index is 712. The second-order valence-corrected chi connectivity index (χ2v) is 8.45. The first-order valence-corrected chi connectivity index (χ1v) is 9.87. The molecule has 1 aliphatic carbocycles. The van der Waals surface area contributed by atoms with Crippen molar-refractivity contribution in [2.75, 3.05) is 19.6 Å². The number of rotatable bonds is 4. The van der Waals surface area contributed by atoms with Crippen molar-refractivity contribution in [2.45, 2.75) is 50.8 Å². The Morgan fingerprint density at radius 1 is 1.41 bits per heavy atom. The van der Waals surface area contributed by atoms with E-state index in [0.29, 0.717) is 31.2 Å². The maximum absolute atomic E-state index is 12.8. The Morgan fingerprint density at radius 3 is 3.04 bits per heavy atom. The van der Waals surface area contributed by atoms with Crippen LogP contribution in [0.4, 0.5) is 0 Å². The summed E-state index contributed by atoms with van der Waals surface area (Å²) in [5, 5.41) is 17.3. The van der Waals surface area contributed by atoms with E-state index in [1.54, 1.807) is 18.3 Å². The Hall–Kier alpha value is -1.99. The molecule has 2 amide bonds. The van der Waals surface area contributed by atoms with Gasteiger partial charge in [-0.15, -0.1) is 0 Å². The lowest BCUT2D eigenvalue weighted by Gasteiger charge is -2.46. The molecule has 0 aromatic carbocycles. The van der Waals surface area contributed by atoms with Gasteiger partial charge in [0.1, 0.15) is 0 Å². The Morgan fingerprint density at radius 2 is 2.26 bits per heavy atom. The third-order valence-electron chi connectivity index (χ3n) is 6.66. The lowest BCUT2D eigenvalue weighted by molar-refractivity contribution is -0.135. The summed E-state index contributed by atoms with van der Waals surface area (Å²) in [5.41, 5.74) is 0.422. The summed E-state index contributed by atoms with van der Waals surface area (Å²) in [6.45, 7) is 3.78. The second-order valence-electron chi connectivity index (χ2n) is 8.45. The van der Waals surface area contributed by atoms with Crippen LogP contribution in [0.15, 0.2) is 24.5 Å². The molecule has 0 spiro atoms. The van der Waals surface area contributed by atoms with E-state index in [9.17, 15) is 14.7 Å². The topological polar surface area (TPSA) is 94.6 Å². The van der Waals surface area contributed by atoms with Gasteiger partial charge in [-0.05, 0) is 31.4 Å². The van der Waals surface area contributed by atoms with E-state index >= 15 is 0 Å². The molecule has 4 rings (SSSR count). The van der Waals surface area contributed by atoms with Crippen LogP contribution in [0.3, 0.4) is 0 Å². The summed E-state index contributed by atoms with van der Waals surface area (Å²) in [5.74, 6) is -0.0404. The zero-order chi connectivity index (χ0) is 19.0. The van der Waals surface area contributed by atoms with Crippen LogP contribution in [-0.4, -0.2) is 64.6 Å². The van der Waals surface area contributed by atoms with Crippen molar-refractivity contribution in [3.05, 3.63) is 30.1 Å². The molecule has 7 heteroatoms. The van der Waals surface area contributed by atoms with Crippen LogP contribution < -0.4 is 10.6 Å². The first kappa shape index (κ1) is 18.4. The van der Waals surface area contributed by atoms with E-state index in [0.717, 1.165) is 19.3 Å². The number of aliphatic hydroxyl groups is 1. The van der Waals surface area contributed by atoms with Gasteiger partial charge in [0.25, 0.3) is 5.91 Å². The van der Waals surface area contributed by atoms with Gasteiger partial charge in [0.15, 0.2) is 0 Å². The summed E-state index contributed by atoms with van der Waals surface area (Å²) in [4.78, 5) is 30.7. The molecule has 1 aromatic rings. The average molecular weight is 372 g/mol. The van der Waals surface area contributed by atoms with Crippen molar-refractivity contribution in [1.82, 2.24) is 20.5 Å². The van der Waals surface area contributed by atoms with Gasteiger partial charge in [-0.25, -0.2) is 0 Å². The number of fused-ring (bicyclic) bond motifs is 2. The van der Waals surface area contributed by atoms with Crippen LogP contribution in [0.2, 0.25) is 0 Å². The summed E-state index contributed by atoms with van der Waals surface area (Å²) in [7, 11) is 0. The standard InChI is InChI=1S/C20H28N4O3/c1-20-9-15-12-24(11-14(18(20)26)4-5-16(20)23-15)17(25)6-8-22-19(27)13-3-2-7-21-10-13/h2-3,7,10,14-16,18,23,26H,4-6,8-9,11-12H2,1H3,(H,22,27)/t14-,15-,16-,18+,20-/m0/s1. The molecule has 146 valence electrons. The van der Waals surface area contributed by atoms with Gasteiger partial charge in [0.2, 0.25) is 5.91 Å². The number of hydrogen-bond donors (Lipinski definition) is 3. The first-order chi connectivity index (χ1) is 13.0. The predicted molar refractivity (Wildman–Crippen MR) is 99.9 cm³/mol. The smallest absolute Gasteiger partial charge is 0.252 e. The van der Waals surface area contributed by atoms with E-state index in [1.165, 1.54) is 6.20 Å². The number of likely N-dealkylation sites (tertiary alicyclic amines) is 1. The molecule has 1 aromatic heterocycles. The predicted octanol–water partition coefficient (Wildman–Crippen LogP) is 0.551. The molecular formula is C20H28N4O3.